The Balaban J connectivity index is 2.80. The van der Waals surface area contributed by atoms with E-state index in [0.29, 0.717) is 0 Å². The predicted octanol–water partition coefficient (Wildman–Crippen LogP) is 0.0924. The number of esters is 1. The zero-order chi connectivity index (χ0) is 14.8. The Morgan fingerprint density at radius 3 is 2.47 bits per heavy atom. The molecule has 0 bridgehead atoms. The first-order chi connectivity index (χ1) is 8.61. The molecule has 0 spiro atoms. The maximum absolute atomic E-state index is 12.2. The third-order valence-corrected chi connectivity index (χ3v) is 2.58. The van der Waals surface area contributed by atoms with Gasteiger partial charge in [0.15, 0.2) is 6.29 Å². The van der Waals surface area contributed by atoms with Gasteiger partial charge in [0.05, 0.1) is 12.1 Å². The largest absolute Gasteiger partial charge is 0.471 e. The van der Waals surface area contributed by atoms with Crippen molar-refractivity contribution in [3.63, 3.8) is 0 Å². The van der Waals surface area contributed by atoms with Gasteiger partial charge in [-0.25, -0.2) is 0 Å². The van der Waals surface area contributed by atoms with Gasteiger partial charge in [-0.3, -0.25) is 9.59 Å². The van der Waals surface area contributed by atoms with Crippen LogP contribution in [0.1, 0.15) is 20.3 Å². The van der Waals surface area contributed by atoms with Gasteiger partial charge in [0.25, 0.3) is 0 Å². The monoisotopic (exact) mass is 285 g/mol. The number of alkyl halides is 3. The third kappa shape index (κ3) is 4.35. The molecule has 0 unspecified atom stereocenters. The Morgan fingerprint density at radius 2 is 2.00 bits per heavy atom. The SMILES string of the molecule is CC(=O)O[C@H]1C[C@H](O)O[C@@H](C)[C@H]1NC(=O)C(F)(F)F. The molecule has 1 fully saturated rings. The van der Waals surface area contributed by atoms with Crippen LogP contribution in [0, 0.1) is 0 Å². The summed E-state index contributed by atoms with van der Waals surface area (Å²) in [5.41, 5.74) is 0. The van der Waals surface area contributed by atoms with Crippen molar-refractivity contribution in [2.45, 2.75) is 51.0 Å². The third-order valence-electron chi connectivity index (χ3n) is 2.58. The molecule has 6 nitrogen and oxygen atoms in total. The van der Waals surface area contributed by atoms with Crippen molar-refractivity contribution in [2.24, 2.45) is 0 Å². The van der Waals surface area contributed by atoms with E-state index < -0.39 is 42.6 Å². The fraction of sp³-hybridized carbons (Fsp3) is 0.800. The van der Waals surface area contributed by atoms with E-state index in [1.807, 2.05) is 0 Å². The molecular formula is C10H14F3NO5. The second-order valence-electron chi connectivity index (χ2n) is 4.18. The number of ether oxygens (including phenoxy) is 2. The number of carbonyl (C=O) groups is 2. The van der Waals surface area contributed by atoms with Crippen LogP contribution in [0.3, 0.4) is 0 Å². The summed E-state index contributed by atoms with van der Waals surface area (Å²) in [5, 5.41) is 11.0. The summed E-state index contributed by atoms with van der Waals surface area (Å²) in [7, 11) is 0. The molecule has 1 aliphatic heterocycles. The topological polar surface area (TPSA) is 84.9 Å². The first kappa shape index (κ1) is 15.7. The van der Waals surface area contributed by atoms with Gasteiger partial charge >= 0.3 is 18.1 Å². The van der Waals surface area contributed by atoms with Crippen LogP contribution in [0.5, 0.6) is 0 Å². The quantitative estimate of drug-likeness (QED) is 0.703. The summed E-state index contributed by atoms with van der Waals surface area (Å²) in [6.07, 6.45) is -8.54. The second-order valence-corrected chi connectivity index (χ2v) is 4.18. The molecule has 0 radical (unpaired) electrons. The van der Waals surface area contributed by atoms with Crippen LogP contribution in [-0.2, 0) is 19.1 Å². The lowest BCUT2D eigenvalue weighted by Crippen LogP contribution is -2.59. The smallest absolute Gasteiger partial charge is 0.460 e. The van der Waals surface area contributed by atoms with Crippen LogP contribution in [-0.4, -0.2) is 47.7 Å². The first-order valence-electron chi connectivity index (χ1n) is 5.49. The summed E-state index contributed by atoms with van der Waals surface area (Å²) < 4.78 is 46.3. The Kier molecular flexibility index (Phi) is 4.75. The highest BCUT2D eigenvalue weighted by Crippen LogP contribution is 2.23. The van der Waals surface area contributed by atoms with Gasteiger partial charge in [-0.2, -0.15) is 13.2 Å². The van der Waals surface area contributed by atoms with Crippen molar-refractivity contribution in [3.8, 4) is 0 Å². The van der Waals surface area contributed by atoms with Crippen LogP contribution in [0.25, 0.3) is 0 Å². The molecule has 0 saturated carbocycles. The Morgan fingerprint density at radius 1 is 1.42 bits per heavy atom. The molecular weight excluding hydrogens is 271 g/mol. The lowest BCUT2D eigenvalue weighted by atomic mass is 9.99. The number of amides is 1. The minimum atomic E-state index is -5.05. The van der Waals surface area contributed by atoms with Crippen molar-refractivity contribution in [1.29, 1.82) is 0 Å². The lowest BCUT2D eigenvalue weighted by molar-refractivity contribution is -0.211. The molecule has 1 amide bonds. The number of nitrogens with one attached hydrogen (secondary N) is 1. The number of aliphatic hydroxyl groups is 1. The van der Waals surface area contributed by atoms with Gasteiger partial charge in [0, 0.05) is 13.3 Å². The Hall–Kier alpha value is -1.35. The number of halogens is 3. The molecule has 4 atom stereocenters. The number of hydrogen-bond donors (Lipinski definition) is 2. The van der Waals surface area contributed by atoms with E-state index >= 15 is 0 Å². The molecule has 2 N–H and O–H groups in total. The van der Waals surface area contributed by atoms with E-state index in [-0.39, 0.29) is 6.42 Å². The van der Waals surface area contributed by atoms with E-state index in [9.17, 15) is 27.9 Å². The lowest BCUT2D eigenvalue weighted by Gasteiger charge is -2.38. The van der Waals surface area contributed by atoms with Gasteiger partial charge in [-0.1, -0.05) is 0 Å². The Labute approximate surface area is 106 Å². The highest BCUT2D eigenvalue weighted by atomic mass is 19.4. The van der Waals surface area contributed by atoms with Crippen molar-refractivity contribution >= 4 is 11.9 Å². The van der Waals surface area contributed by atoms with Gasteiger partial charge in [-0.05, 0) is 6.92 Å². The number of aliphatic hydroxyl groups excluding tert-OH is 1. The van der Waals surface area contributed by atoms with E-state index in [2.05, 4.69) is 0 Å². The standard InChI is InChI=1S/C10H14F3NO5/c1-4-8(14-9(17)10(11,12)13)6(19-5(2)15)3-7(16)18-4/h4,6-8,16H,3H2,1-2H3,(H,14,17)/t4-,6-,7+,8+/m0/s1. The highest BCUT2D eigenvalue weighted by Gasteiger charge is 2.45. The van der Waals surface area contributed by atoms with Crippen molar-refractivity contribution in [2.75, 3.05) is 0 Å². The van der Waals surface area contributed by atoms with Gasteiger partial charge in [0.2, 0.25) is 0 Å². The summed E-state index contributed by atoms with van der Waals surface area (Å²) in [6.45, 7) is 2.44. The number of hydrogen-bond acceptors (Lipinski definition) is 5. The maximum Gasteiger partial charge on any atom is 0.471 e. The van der Waals surface area contributed by atoms with Crippen LogP contribution in [0.2, 0.25) is 0 Å². The van der Waals surface area contributed by atoms with E-state index in [1.165, 1.54) is 6.92 Å². The second kappa shape index (κ2) is 5.74. The summed E-state index contributed by atoms with van der Waals surface area (Å²) in [6, 6.07) is -1.18. The van der Waals surface area contributed by atoms with E-state index in [0.717, 1.165) is 6.92 Å². The fourth-order valence-electron chi connectivity index (χ4n) is 1.81. The van der Waals surface area contributed by atoms with Crippen LogP contribution in [0.4, 0.5) is 13.2 Å². The highest BCUT2D eigenvalue weighted by molar-refractivity contribution is 5.82. The molecule has 1 rings (SSSR count). The number of carbonyl (C=O) groups excluding carboxylic acids is 2. The average molecular weight is 285 g/mol. The zero-order valence-corrected chi connectivity index (χ0v) is 10.2. The molecule has 0 aromatic heterocycles. The molecule has 1 heterocycles. The minimum absolute atomic E-state index is 0.216. The number of rotatable bonds is 2. The van der Waals surface area contributed by atoms with Crippen molar-refractivity contribution in [1.82, 2.24) is 5.32 Å². The first-order valence-corrected chi connectivity index (χ1v) is 5.49. The average Bonchev–Trinajstić information content (AvgIpc) is 2.20. The van der Waals surface area contributed by atoms with E-state index in [1.54, 1.807) is 5.32 Å². The summed E-state index contributed by atoms with van der Waals surface area (Å²) >= 11 is 0. The van der Waals surface area contributed by atoms with Crippen molar-refractivity contribution < 1.29 is 37.3 Å². The molecule has 110 valence electrons. The van der Waals surface area contributed by atoms with Crippen LogP contribution < -0.4 is 5.32 Å². The molecule has 0 aliphatic carbocycles. The van der Waals surface area contributed by atoms with Gasteiger partial charge in [0.1, 0.15) is 6.10 Å². The van der Waals surface area contributed by atoms with Crippen LogP contribution in [0.15, 0.2) is 0 Å². The summed E-state index contributed by atoms with van der Waals surface area (Å²) in [4.78, 5) is 21.8. The molecule has 1 saturated heterocycles. The Bertz CT molecular complexity index is 360. The maximum atomic E-state index is 12.2. The predicted molar refractivity (Wildman–Crippen MR) is 54.7 cm³/mol. The van der Waals surface area contributed by atoms with E-state index in [4.69, 9.17) is 9.47 Å². The zero-order valence-electron chi connectivity index (χ0n) is 10.2. The van der Waals surface area contributed by atoms with Crippen LogP contribution >= 0.6 is 0 Å². The molecule has 0 aromatic carbocycles. The minimum Gasteiger partial charge on any atom is -0.460 e. The molecule has 9 heteroatoms. The normalized spacial score (nSPS) is 31.7. The molecule has 0 aromatic rings. The molecule has 1 aliphatic rings. The molecule has 19 heavy (non-hydrogen) atoms. The fourth-order valence-corrected chi connectivity index (χ4v) is 1.81. The van der Waals surface area contributed by atoms with Gasteiger partial charge in [-0.15, -0.1) is 0 Å². The summed E-state index contributed by atoms with van der Waals surface area (Å²) in [5.74, 6) is -2.88. The van der Waals surface area contributed by atoms with Crippen molar-refractivity contribution in [3.05, 3.63) is 0 Å². The van der Waals surface area contributed by atoms with Gasteiger partial charge < -0.3 is 19.9 Å².